The van der Waals surface area contributed by atoms with Gasteiger partial charge in [-0.05, 0) is 12.8 Å². The molecule has 0 unspecified atom stereocenters. The first-order valence-corrected chi connectivity index (χ1v) is 3.72. The van der Waals surface area contributed by atoms with Gasteiger partial charge in [0.1, 0.15) is 0 Å². The van der Waals surface area contributed by atoms with Crippen molar-refractivity contribution in [3.8, 4) is 0 Å². The predicted molar refractivity (Wildman–Crippen MR) is 37.5 cm³/mol. The second-order valence-corrected chi connectivity index (χ2v) is 2.74. The van der Waals surface area contributed by atoms with E-state index in [0.29, 0.717) is 6.41 Å². The van der Waals surface area contributed by atoms with Crippen LogP contribution in [0.4, 0.5) is 0 Å². The highest BCUT2D eigenvalue weighted by Gasteiger charge is 2.21. The minimum absolute atomic E-state index is 0.00579. The Hall–Kier alpha value is -0.570. The number of hydrogen-bond acceptors (Lipinski definition) is 2. The first-order valence-electron chi connectivity index (χ1n) is 3.72. The third-order valence-corrected chi connectivity index (χ3v) is 2.01. The predicted octanol–water partition coefficient (Wildman–Crippen LogP) is 0.0359. The summed E-state index contributed by atoms with van der Waals surface area (Å²) in [5.74, 6) is 0. The number of amides is 1. The second kappa shape index (κ2) is 3.56. The lowest BCUT2D eigenvalue weighted by Crippen LogP contribution is -2.41. The summed E-state index contributed by atoms with van der Waals surface area (Å²) in [6.07, 6.45) is 4.28. The molecule has 1 amide bonds. The summed E-state index contributed by atoms with van der Waals surface area (Å²) in [5.41, 5.74) is 0. The lowest BCUT2D eigenvalue weighted by molar-refractivity contribution is -0.111. The van der Waals surface area contributed by atoms with Gasteiger partial charge in [-0.15, -0.1) is 0 Å². The monoisotopic (exact) mass is 143 g/mol. The van der Waals surface area contributed by atoms with E-state index in [-0.39, 0.29) is 12.1 Å². The SMILES string of the molecule is O=CN[C@H]1CCCC[C@H]1O. The fourth-order valence-electron chi connectivity index (χ4n) is 1.39. The normalized spacial score (nSPS) is 33.3. The van der Waals surface area contributed by atoms with E-state index in [4.69, 9.17) is 0 Å². The molecule has 3 nitrogen and oxygen atoms in total. The Bertz CT molecular complexity index is 116. The fraction of sp³-hybridized carbons (Fsp3) is 0.857. The molecule has 0 aromatic heterocycles. The minimum atomic E-state index is -0.320. The van der Waals surface area contributed by atoms with Crippen molar-refractivity contribution < 1.29 is 9.90 Å². The maximum atomic E-state index is 10.00. The van der Waals surface area contributed by atoms with Crippen molar-refractivity contribution in [1.82, 2.24) is 5.32 Å². The largest absolute Gasteiger partial charge is 0.391 e. The first-order chi connectivity index (χ1) is 4.84. The van der Waals surface area contributed by atoms with Gasteiger partial charge in [-0.2, -0.15) is 0 Å². The van der Waals surface area contributed by atoms with E-state index in [1.54, 1.807) is 0 Å². The van der Waals surface area contributed by atoms with Crippen molar-refractivity contribution in [3.05, 3.63) is 0 Å². The smallest absolute Gasteiger partial charge is 0.207 e. The molecule has 2 N–H and O–H groups in total. The van der Waals surface area contributed by atoms with Crippen LogP contribution in [0.15, 0.2) is 0 Å². The summed E-state index contributed by atoms with van der Waals surface area (Å²) in [6.45, 7) is 0. The lowest BCUT2D eigenvalue weighted by Gasteiger charge is -2.26. The van der Waals surface area contributed by atoms with E-state index < -0.39 is 0 Å². The first kappa shape index (κ1) is 7.54. The van der Waals surface area contributed by atoms with Crippen LogP contribution in [0.1, 0.15) is 25.7 Å². The van der Waals surface area contributed by atoms with Gasteiger partial charge in [0.05, 0.1) is 12.1 Å². The highest BCUT2D eigenvalue weighted by atomic mass is 16.3. The van der Waals surface area contributed by atoms with E-state index in [1.165, 1.54) is 0 Å². The van der Waals surface area contributed by atoms with Crippen molar-refractivity contribution in [2.45, 2.75) is 37.8 Å². The molecule has 1 saturated carbocycles. The Labute approximate surface area is 60.4 Å². The Kier molecular flexibility index (Phi) is 2.68. The van der Waals surface area contributed by atoms with E-state index in [1.807, 2.05) is 0 Å². The van der Waals surface area contributed by atoms with Crippen molar-refractivity contribution in [2.75, 3.05) is 0 Å². The van der Waals surface area contributed by atoms with Crippen molar-refractivity contribution in [3.63, 3.8) is 0 Å². The summed E-state index contributed by atoms with van der Waals surface area (Å²) < 4.78 is 0. The molecule has 0 heterocycles. The van der Waals surface area contributed by atoms with Crippen LogP contribution >= 0.6 is 0 Å². The van der Waals surface area contributed by atoms with Gasteiger partial charge in [0.25, 0.3) is 0 Å². The molecular formula is C7H13NO2. The molecule has 0 bridgehead atoms. The van der Waals surface area contributed by atoms with Crippen LogP contribution in [0.3, 0.4) is 0 Å². The highest BCUT2D eigenvalue weighted by Crippen LogP contribution is 2.17. The quantitative estimate of drug-likeness (QED) is 0.536. The Morgan fingerprint density at radius 2 is 2.10 bits per heavy atom. The van der Waals surface area contributed by atoms with Crippen molar-refractivity contribution >= 4 is 6.41 Å². The topological polar surface area (TPSA) is 49.3 Å². The number of aliphatic hydroxyl groups excluding tert-OH is 1. The van der Waals surface area contributed by atoms with Gasteiger partial charge in [0.15, 0.2) is 0 Å². The van der Waals surface area contributed by atoms with Crippen molar-refractivity contribution in [2.24, 2.45) is 0 Å². The molecule has 10 heavy (non-hydrogen) atoms. The molecule has 2 atom stereocenters. The molecule has 1 fully saturated rings. The average molecular weight is 143 g/mol. The summed E-state index contributed by atoms with van der Waals surface area (Å²) in [5, 5.41) is 11.9. The van der Waals surface area contributed by atoms with Crippen LogP contribution in [0.2, 0.25) is 0 Å². The molecular weight excluding hydrogens is 130 g/mol. The van der Waals surface area contributed by atoms with E-state index >= 15 is 0 Å². The van der Waals surface area contributed by atoms with Gasteiger partial charge < -0.3 is 10.4 Å². The van der Waals surface area contributed by atoms with Crippen LogP contribution < -0.4 is 5.32 Å². The minimum Gasteiger partial charge on any atom is -0.391 e. The van der Waals surface area contributed by atoms with Gasteiger partial charge in [0, 0.05) is 0 Å². The van der Waals surface area contributed by atoms with E-state index in [0.717, 1.165) is 25.7 Å². The molecule has 1 aliphatic rings. The van der Waals surface area contributed by atoms with Crippen LogP contribution in [0, 0.1) is 0 Å². The summed E-state index contributed by atoms with van der Waals surface area (Å²) >= 11 is 0. The second-order valence-electron chi connectivity index (χ2n) is 2.74. The third-order valence-electron chi connectivity index (χ3n) is 2.01. The Morgan fingerprint density at radius 3 is 2.70 bits per heavy atom. The molecule has 0 aliphatic heterocycles. The van der Waals surface area contributed by atoms with Crippen LogP contribution in [0.5, 0.6) is 0 Å². The molecule has 0 saturated heterocycles. The number of carbonyl (C=O) groups excluding carboxylic acids is 1. The average Bonchev–Trinajstić information content (AvgIpc) is 1.94. The Morgan fingerprint density at radius 1 is 1.40 bits per heavy atom. The van der Waals surface area contributed by atoms with Gasteiger partial charge in [-0.3, -0.25) is 4.79 Å². The molecule has 0 spiro atoms. The third kappa shape index (κ3) is 1.70. The maximum absolute atomic E-state index is 10.00. The van der Waals surface area contributed by atoms with Gasteiger partial charge >= 0.3 is 0 Å². The summed E-state index contributed by atoms with van der Waals surface area (Å²) in [4.78, 5) is 10.00. The Balaban J connectivity index is 2.32. The zero-order chi connectivity index (χ0) is 7.40. The van der Waals surface area contributed by atoms with E-state index in [2.05, 4.69) is 5.32 Å². The number of nitrogens with one attached hydrogen (secondary N) is 1. The molecule has 3 heteroatoms. The number of carbonyl (C=O) groups is 1. The van der Waals surface area contributed by atoms with Gasteiger partial charge in [0.2, 0.25) is 6.41 Å². The van der Waals surface area contributed by atoms with Gasteiger partial charge in [-0.1, -0.05) is 12.8 Å². The van der Waals surface area contributed by atoms with Gasteiger partial charge in [-0.25, -0.2) is 0 Å². The zero-order valence-electron chi connectivity index (χ0n) is 5.92. The molecule has 58 valence electrons. The lowest BCUT2D eigenvalue weighted by atomic mass is 9.93. The van der Waals surface area contributed by atoms with E-state index in [9.17, 15) is 9.90 Å². The molecule has 0 aromatic carbocycles. The van der Waals surface area contributed by atoms with Crippen LogP contribution in [-0.4, -0.2) is 23.7 Å². The van der Waals surface area contributed by atoms with Crippen LogP contribution in [-0.2, 0) is 4.79 Å². The molecule has 0 aromatic rings. The maximum Gasteiger partial charge on any atom is 0.207 e. The number of hydrogen-bond donors (Lipinski definition) is 2. The molecule has 0 radical (unpaired) electrons. The zero-order valence-corrected chi connectivity index (χ0v) is 5.92. The molecule has 1 aliphatic carbocycles. The standard InChI is InChI=1S/C7H13NO2/c9-5-8-6-3-1-2-4-7(6)10/h5-7,10H,1-4H2,(H,8,9)/t6-,7+/m0/s1. The summed E-state index contributed by atoms with van der Waals surface area (Å²) in [6, 6.07) is 0.00579. The number of aliphatic hydroxyl groups is 1. The van der Waals surface area contributed by atoms with Crippen LogP contribution in [0.25, 0.3) is 0 Å². The van der Waals surface area contributed by atoms with Crippen molar-refractivity contribution in [1.29, 1.82) is 0 Å². The fourth-order valence-corrected chi connectivity index (χ4v) is 1.39. The summed E-state index contributed by atoms with van der Waals surface area (Å²) in [7, 11) is 0. The molecule has 1 rings (SSSR count). The highest BCUT2D eigenvalue weighted by molar-refractivity contribution is 5.46. The number of rotatable bonds is 2.